The van der Waals surface area contributed by atoms with Crippen molar-refractivity contribution in [3.63, 3.8) is 0 Å². The number of benzene rings is 1. The monoisotopic (exact) mass is 362 g/mol. The highest BCUT2D eigenvalue weighted by Crippen LogP contribution is 2.34. The maximum atomic E-state index is 12.9. The van der Waals surface area contributed by atoms with Crippen LogP contribution < -0.4 is 14.4 Å². The van der Waals surface area contributed by atoms with Crippen molar-refractivity contribution in [2.45, 2.75) is 32.5 Å². The first-order chi connectivity index (χ1) is 12.4. The molecule has 0 aliphatic carbocycles. The van der Waals surface area contributed by atoms with Crippen molar-refractivity contribution in [3.05, 3.63) is 18.2 Å². The van der Waals surface area contributed by atoms with Crippen LogP contribution in [0.3, 0.4) is 0 Å². The number of amides is 2. The predicted octanol–water partition coefficient (Wildman–Crippen LogP) is 1.69. The van der Waals surface area contributed by atoms with Gasteiger partial charge in [0.2, 0.25) is 11.8 Å². The van der Waals surface area contributed by atoms with E-state index in [0.717, 1.165) is 0 Å². The fourth-order valence-electron chi connectivity index (χ4n) is 3.73. The van der Waals surface area contributed by atoms with E-state index in [9.17, 15) is 9.59 Å². The molecule has 26 heavy (non-hydrogen) atoms. The number of nitrogens with zero attached hydrogens (tertiary/aromatic N) is 2. The molecule has 2 fully saturated rings. The maximum absolute atomic E-state index is 12.9. The zero-order valence-corrected chi connectivity index (χ0v) is 15.7. The summed E-state index contributed by atoms with van der Waals surface area (Å²) in [7, 11) is 3.12. The Morgan fingerprint density at radius 1 is 1.08 bits per heavy atom. The molecule has 2 saturated heterocycles. The quantitative estimate of drug-likeness (QED) is 0.815. The summed E-state index contributed by atoms with van der Waals surface area (Å²) in [6.07, 6.45) is 0.260. The molecule has 1 aromatic rings. The van der Waals surface area contributed by atoms with Crippen molar-refractivity contribution < 1.29 is 23.8 Å². The van der Waals surface area contributed by atoms with E-state index in [1.807, 2.05) is 24.8 Å². The Morgan fingerprint density at radius 2 is 1.73 bits per heavy atom. The topological polar surface area (TPSA) is 68.3 Å². The van der Waals surface area contributed by atoms with Gasteiger partial charge in [-0.15, -0.1) is 0 Å². The first kappa shape index (κ1) is 18.5. The molecule has 2 heterocycles. The summed E-state index contributed by atoms with van der Waals surface area (Å²) in [4.78, 5) is 28.9. The van der Waals surface area contributed by atoms with Gasteiger partial charge in [-0.3, -0.25) is 9.59 Å². The molecule has 3 rings (SSSR count). The molecule has 2 aliphatic heterocycles. The minimum absolute atomic E-state index is 0.0155. The average Bonchev–Trinajstić information content (AvgIpc) is 3.01. The van der Waals surface area contributed by atoms with E-state index in [4.69, 9.17) is 14.2 Å². The lowest BCUT2D eigenvalue weighted by Gasteiger charge is -2.36. The van der Waals surface area contributed by atoms with E-state index < -0.39 is 0 Å². The van der Waals surface area contributed by atoms with Gasteiger partial charge in [0, 0.05) is 37.8 Å². The third-order valence-electron chi connectivity index (χ3n) is 4.88. The van der Waals surface area contributed by atoms with Crippen molar-refractivity contribution in [2.24, 2.45) is 5.92 Å². The zero-order chi connectivity index (χ0) is 18.8. The summed E-state index contributed by atoms with van der Waals surface area (Å²) in [6, 6.07) is 5.34. The van der Waals surface area contributed by atoms with Gasteiger partial charge in [-0.1, -0.05) is 0 Å². The summed E-state index contributed by atoms with van der Waals surface area (Å²) >= 11 is 0. The van der Waals surface area contributed by atoms with Crippen LogP contribution in [0.4, 0.5) is 5.69 Å². The highest BCUT2D eigenvalue weighted by Gasteiger charge is 2.39. The van der Waals surface area contributed by atoms with Crippen molar-refractivity contribution in [1.82, 2.24) is 4.90 Å². The lowest BCUT2D eigenvalue weighted by atomic mass is 10.1. The highest BCUT2D eigenvalue weighted by atomic mass is 16.5. The van der Waals surface area contributed by atoms with Crippen molar-refractivity contribution in [1.29, 1.82) is 0 Å². The molecule has 0 saturated carbocycles. The van der Waals surface area contributed by atoms with Crippen LogP contribution in [0.15, 0.2) is 18.2 Å². The van der Waals surface area contributed by atoms with Gasteiger partial charge in [0.1, 0.15) is 0 Å². The van der Waals surface area contributed by atoms with Gasteiger partial charge >= 0.3 is 0 Å². The first-order valence-corrected chi connectivity index (χ1v) is 8.89. The molecule has 7 heteroatoms. The molecule has 0 spiro atoms. The third-order valence-corrected chi connectivity index (χ3v) is 4.88. The first-order valence-electron chi connectivity index (χ1n) is 8.89. The average molecular weight is 362 g/mol. The van der Waals surface area contributed by atoms with Gasteiger partial charge in [-0.2, -0.15) is 0 Å². The van der Waals surface area contributed by atoms with E-state index in [1.165, 1.54) is 0 Å². The van der Waals surface area contributed by atoms with Gasteiger partial charge in [0.25, 0.3) is 0 Å². The molecule has 3 atom stereocenters. The van der Waals surface area contributed by atoms with E-state index in [1.54, 1.807) is 31.3 Å². The Labute approximate surface area is 153 Å². The summed E-state index contributed by atoms with van der Waals surface area (Å²) in [5.41, 5.74) is 0.715. The fraction of sp³-hybridized carbons (Fsp3) is 0.579. The molecule has 0 bridgehead atoms. The number of hydrogen-bond acceptors (Lipinski definition) is 5. The Morgan fingerprint density at radius 3 is 2.35 bits per heavy atom. The van der Waals surface area contributed by atoms with E-state index in [-0.39, 0.29) is 36.4 Å². The molecule has 1 aromatic carbocycles. The van der Waals surface area contributed by atoms with Gasteiger partial charge in [-0.05, 0) is 26.0 Å². The molecule has 7 nitrogen and oxygen atoms in total. The lowest BCUT2D eigenvalue weighted by Crippen LogP contribution is -2.50. The summed E-state index contributed by atoms with van der Waals surface area (Å²) < 4.78 is 16.2. The number of rotatable bonds is 4. The predicted molar refractivity (Wildman–Crippen MR) is 96.6 cm³/mol. The number of methoxy groups -OCH3 is 2. The number of carbonyl (C=O) groups is 2. The van der Waals surface area contributed by atoms with Gasteiger partial charge in [-0.25, -0.2) is 0 Å². The molecule has 142 valence electrons. The summed E-state index contributed by atoms with van der Waals surface area (Å²) in [6.45, 7) is 5.46. The normalized spacial score (nSPS) is 26.2. The molecule has 0 aromatic heterocycles. The Bertz CT molecular complexity index is 683. The summed E-state index contributed by atoms with van der Waals surface area (Å²) in [5.74, 6) is 0.816. The van der Waals surface area contributed by atoms with Gasteiger partial charge in [0.15, 0.2) is 11.5 Å². The minimum atomic E-state index is -0.326. The Hall–Kier alpha value is -2.28. The van der Waals surface area contributed by atoms with Gasteiger partial charge < -0.3 is 24.0 Å². The highest BCUT2D eigenvalue weighted by molar-refractivity contribution is 6.00. The largest absolute Gasteiger partial charge is 0.493 e. The Kier molecular flexibility index (Phi) is 5.36. The van der Waals surface area contributed by atoms with Crippen LogP contribution >= 0.6 is 0 Å². The third kappa shape index (κ3) is 3.62. The molecule has 0 radical (unpaired) electrons. The molecule has 2 amide bonds. The number of ether oxygens (including phenoxy) is 3. The molecular weight excluding hydrogens is 336 g/mol. The molecule has 0 unspecified atom stereocenters. The van der Waals surface area contributed by atoms with E-state index in [2.05, 4.69) is 0 Å². The van der Waals surface area contributed by atoms with Crippen molar-refractivity contribution in [3.8, 4) is 11.5 Å². The van der Waals surface area contributed by atoms with Crippen molar-refractivity contribution in [2.75, 3.05) is 38.8 Å². The molecule has 2 aliphatic rings. The second-order valence-corrected chi connectivity index (χ2v) is 6.95. The number of carbonyl (C=O) groups excluding carboxylic acids is 2. The number of morpholine rings is 1. The van der Waals surface area contributed by atoms with E-state index >= 15 is 0 Å². The summed E-state index contributed by atoms with van der Waals surface area (Å²) in [5, 5.41) is 0. The van der Waals surface area contributed by atoms with E-state index in [0.29, 0.717) is 36.8 Å². The van der Waals surface area contributed by atoms with Crippen LogP contribution in [0, 0.1) is 5.92 Å². The second kappa shape index (κ2) is 7.53. The SMILES string of the molecule is COc1ccc(N2C[C@H](C(=O)N3C[C@@H](C)O[C@H](C)C3)CC2=O)cc1OC. The standard InChI is InChI=1S/C19H26N2O5/c1-12-9-20(10-13(2)26-12)19(23)14-7-18(22)21(11-14)15-5-6-16(24-3)17(8-15)25-4/h5-6,8,12-14H,7,9-11H2,1-4H3/t12-,13-,14-/m1/s1. The van der Waals surface area contributed by atoms with Crippen LogP contribution in [0.2, 0.25) is 0 Å². The van der Waals surface area contributed by atoms with Crippen LogP contribution in [-0.2, 0) is 14.3 Å². The van der Waals surface area contributed by atoms with Crippen LogP contribution in [0.25, 0.3) is 0 Å². The number of hydrogen-bond donors (Lipinski definition) is 0. The zero-order valence-electron chi connectivity index (χ0n) is 15.7. The van der Waals surface area contributed by atoms with Crippen LogP contribution in [0.5, 0.6) is 11.5 Å². The lowest BCUT2D eigenvalue weighted by molar-refractivity contribution is -0.147. The van der Waals surface area contributed by atoms with Crippen LogP contribution in [0.1, 0.15) is 20.3 Å². The molecular formula is C19H26N2O5. The maximum Gasteiger partial charge on any atom is 0.228 e. The Balaban J connectivity index is 1.73. The van der Waals surface area contributed by atoms with Crippen LogP contribution in [-0.4, -0.2) is 62.8 Å². The number of anilines is 1. The van der Waals surface area contributed by atoms with Gasteiger partial charge in [0.05, 0.1) is 32.3 Å². The fourth-order valence-corrected chi connectivity index (χ4v) is 3.73. The minimum Gasteiger partial charge on any atom is -0.493 e. The van der Waals surface area contributed by atoms with Crippen molar-refractivity contribution >= 4 is 17.5 Å². The molecule has 0 N–H and O–H groups in total. The smallest absolute Gasteiger partial charge is 0.228 e. The second-order valence-electron chi connectivity index (χ2n) is 6.95.